The molecule has 0 radical (unpaired) electrons. The highest BCUT2D eigenvalue weighted by molar-refractivity contribution is 6.31. The van der Waals surface area contributed by atoms with E-state index in [4.69, 9.17) is 26.5 Å². The third-order valence-electron chi connectivity index (χ3n) is 6.11. The quantitative estimate of drug-likeness (QED) is 0.291. The molecule has 10 heteroatoms. The number of amides is 1. The van der Waals surface area contributed by atoms with Crippen LogP contribution in [0.15, 0.2) is 57.7 Å². The summed E-state index contributed by atoms with van der Waals surface area (Å²) in [6.07, 6.45) is 0.853. The van der Waals surface area contributed by atoms with Gasteiger partial charge in [-0.3, -0.25) is 9.59 Å². The molecule has 1 aliphatic heterocycles. The Balaban J connectivity index is 1.41. The largest absolute Gasteiger partial charge is 0.460 e. The number of anilines is 2. The number of rotatable bonds is 5. The zero-order valence-corrected chi connectivity index (χ0v) is 19.9. The number of hydrogen-bond acceptors (Lipinski definition) is 6. The summed E-state index contributed by atoms with van der Waals surface area (Å²) in [5, 5.41) is 3.35. The zero-order valence-electron chi connectivity index (χ0n) is 19.1. The summed E-state index contributed by atoms with van der Waals surface area (Å²) in [5.41, 5.74) is 7.59. The number of aryl methyl sites for hydroxylation is 1. The van der Waals surface area contributed by atoms with Crippen molar-refractivity contribution >= 4 is 45.8 Å². The number of hydrogen-bond donors (Lipinski definition) is 2. The van der Waals surface area contributed by atoms with Crippen molar-refractivity contribution in [3.8, 4) is 11.1 Å². The molecule has 0 unspecified atom stereocenters. The van der Waals surface area contributed by atoms with Crippen LogP contribution in [0.5, 0.6) is 0 Å². The average molecular weight is 510 g/mol. The van der Waals surface area contributed by atoms with Crippen molar-refractivity contribution in [3.05, 3.63) is 81.2 Å². The van der Waals surface area contributed by atoms with Crippen molar-refractivity contribution in [2.75, 3.05) is 17.7 Å². The average Bonchev–Trinajstić information content (AvgIpc) is 3.46. The van der Waals surface area contributed by atoms with E-state index in [1.165, 1.54) is 22.8 Å². The number of halogens is 2. The van der Waals surface area contributed by atoms with Crippen LogP contribution in [0.3, 0.4) is 0 Å². The number of ether oxygens (including phenoxy) is 1. The number of aromatic nitrogens is 1. The lowest BCUT2D eigenvalue weighted by Crippen LogP contribution is -2.31. The molecule has 0 spiro atoms. The highest BCUT2D eigenvalue weighted by Crippen LogP contribution is 2.35. The van der Waals surface area contributed by atoms with Gasteiger partial charge in [0.2, 0.25) is 11.7 Å². The molecule has 8 nitrogen and oxygen atoms in total. The van der Waals surface area contributed by atoms with E-state index >= 15 is 0 Å². The number of nitrogens with one attached hydrogen (secondary N) is 1. The first kappa shape index (κ1) is 23.6. The molecular weight excluding hydrogens is 489 g/mol. The number of esters is 1. The molecule has 184 valence electrons. The van der Waals surface area contributed by atoms with Crippen LogP contribution in [0, 0.1) is 5.82 Å². The number of nitrogens with two attached hydrogens (primary N) is 1. The number of nitrogens with zero attached hydrogens (tertiary/aromatic N) is 1. The fourth-order valence-corrected chi connectivity index (χ4v) is 4.65. The maximum Gasteiger partial charge on any atom is 0.374 e. The SMILES string of the molecule is CCOC(=O)c1cc2cc(NC(=O)[C@@H]3CCc4cc(-c5c(N)ccc(Cl)c5F)cc(=O)n43)ccc2o1. The van der Waals surface area contributed by atoms with Crippen molar-refractivity contribution < 1.29 is 23.1 Å². The van der Waals surface area contributed by atoms with Gasteiger partial charge in [-0.15, -0.1) is 0 Å². The Labute approximate surface area is 209 Å². The number of fused-ring (bicyclic) bond motifs is 2. The Morgan fingerprint density at radius 2 is 2.03 bits per heavy atom. The van der Waals surface area contributed by atoms with E-state index in [-0.39, 0.29) is 34.5 Å². The molecule has 2 aromatic heterocycles. The first-order valence-electron chi connectivity index (χ1n) is 11.3. The van der Waals surface area contributed by atoms with E-state index in [0.29, 0.717) is 40.8 Å². The minimum absolute atomic E-state index is 0.0616. The lowest BCUT2D eigenvalue weighted by atomic mass is 10.0. The summed E-state index contributed by atoms with van der Waals surface area (Å²) in [4.78, 5) is 38.0. The smallest absolute Gasteiger partial charge is 0.374 e. The van der Waals surface area contributed by atoms with Gasteiger partial charge in [0.05, 0.1) is 11.6 Å². The Hall–Kier alpha value is -4.11. The highest BCUT2D eigenvalue weighted by atomic mass is 35.5. The molecule has 3 heterocycles. The molecule has 36 heavy (non-hydrogen) atoms. The van der Waals surface area contributed by atoms with Gasteiger partial charge in [0, 0.05) is 34.1 Å². The maximum absolute atomic E-state index is 14.7. The van der Waals surface area contributed by atoms with Gasteiger partial charge in [-0.1, -0.05) is 11.6 Å². The lowest BCUT2D eigenvalue weighted by molar-refractivity contribution is -0.119. The van der Waals surface area contributed by atoms with E-state index in [1.807, 2.05) is 0 Å². The molecule has 0 aliphatic carbocycles. The number of benzene rings is 2. The molecular formula is C26H21ClFN3O5. The van der Waals surface area contributed by atoms with E-state index in [1.54, 1.807) is 37.3 Å². The van der Waals surface area contributed by atoms with Crippen molar-refractivity contribution in [1.82, 2.24) is 4.57 Å². The van der Waals surface area contributed by atoms with Crippen molar-refractivity contribution in [2.45, 2.75) is 25.8 Å². The second-order valence-electron chi connectivity index (χ2n) is 8.40. The normalized spacial score (nSPS) is 14.6. The molecule has 0 saturated heterocycles. The third-order valence-corrected chi connectivity index (χ3v) is 6.40. The molecule has 5 rings (SSSR count). The van der Waals surface area contributed by atoms with Gasteiger partial charge < -0.3 is 24.8 Å². The van der Waals surface area contributed by atoms with Crippen LogP contribution in [0.4, 0.5) is 15.8 Å². The minimum Gasteiger partial charge on any atom is -0.460 e. The monoisotopic (exact) mass is 509 g/mol. The van der Waals surface area contributed by atoms with Crippen molar-refractivity contribution in [2.24, 2.45) is 0 Å². The van der Waals surface area contributed by atoms with Crippen molar-refractivity contribution in [3.63, 3.8) is 0 Å². The van der Waals surface area contributed by atoms with E-state index < -0.39 is 23.4 Å². The van der Waals surface area contributed by atoms with Gasteiger partial charge in [0.25, 0.3) is 5.56 Å². The molecule has 1 amide bonds. The molecule has 1 aliphatic rings. The Morgan fingerprint density at radius 1 is 1.22 bits per heavy atom. The molecule has 4 aromatic rings. The summed E-state index contributed by atoms with van der Waals surface area (Å²) in [7, 11) is 0. The molecule has 0 fully saturated rings. The predicted octanol–water partition coefficient (Wildman–Crippen LogP) is 4.94. The first-order valence-corrected chi connectivity index (χ1v) is 11.7. The van der Waals surface area contributed by atoms with Gasteiger partial charge in [0.15, 0.2) is 5.82 Å². The number of pyridine rings is 1. The zero-order chi connectivity index (χ0) is 25.6. The second-order valence-corrected chi connectivity index (χ2v) is 8.80. The van der Waals surface area contributed by atoms with E-state index in [2.05, 4.69) is 5.32 Å². The fourth-order valence-electron chi connectivity index (χ4n) is 4.50. The third kappa shape index (κ3) is 4.11. The Morgan fingerprint density at radius 3 is 2.81 bits per heavy atom. The number of furan rings is 1. The summed E-state index contributed by atoms with van der Waals surface area (Å²) in [6, 6.07) is 11.5. The van der Waals surface area contributed by atoms with Crippen LogP contribution >= 0.6 is 11.6 Å². The molecule has 0 saturated carbocycles. The van der Waals surface area contributed by atoms with Crippen LogP contribution in [-0.2, 0) is 16.0 Å². The van der Waals surface area contributed by atoms with Gasteiger partial charge in [-0.25, -0.2) is 9.18 Å². The van der Waals surface area contributed by atoms with Crippen LogP contribution in [0.1, 0.15) is 35.6 Å². The number of carbonyl (C=O) groups is 2. The molecule has 2 aromatic carbocycles. The molecule has 3 N–H and O–H groups in total. The van der Waals surface area contributed by atoms with Crippen LogP contribution in [0.25, 0.3) is 22.1 Å². The minimum atomic E-state index is -0.738. The molecule has 1 atom stereocenters. The number of nitrogen functional groups attached to an aromatic ring is 1. The summed E-state index contributed by atoms with van der Waals surface area (Å²) in [5.74, 6) is -1.57. The molecule has 0 bridgehead atoms. The summed E-state index contributed by atoms with van der Waals surface area (Å²) in [6.45, 7) is 1.93. The van der Waals surface area contributed by atoms with Gasteiger partial charge in [-0.05, 0) is 67.8 Å². The predicted molar refractivity (Wildman–Crippen MR) is 134 cm³/mol. The van der Waals surface area contributed by atoms with Crippen LogP contribution in [-0.4, -0.2) is 23.1 Å². The van der Waals surface area contributed by atoms with Crippen LogP contribution < -0.4 is 16.6 Å². The fraction of sp³-hybridized carbons (Fsp3) is 0.192. The first-order chi connectivity index (χ1) is 17.3. The standard InChI is InChI=1S/C26H21ClFN3O5/c1-2-35-26(34)21-11-13-9-15(3-8-20(13)36-21)30-25(33)19-7-4-16-10-14(12-22(32)31(16)19)23-18(29)6-5-17(27)24(23)28/h3,5-6,8-12,19H,2,4,7,29H2,1H3,(H,30,33)/t19-/m0/s1. The Kier molecular flexibility index (Phi) is 6.01. The second kappa shape index (κ2) is 9.16. The Bertz CT molecular complexity index is 1590. The van der Waals surface area contributed by atoms with E-state index in [9.17, 15) is 18.8 Å². The summed E-state index contributed by atoms with van der Waals surface area (Å²) >= 11 is 5.91. The number of carbonyl (C=O) groups excluding carboxylic acids is 2. The van der Waals surface area contributed by atoms with Gasteiger partial charge >= 0.3 is 5.97 Å². The summed E-state index contributed by atoms with van der Waals surface area (Å²) < 4.78 is 26.5. The van der Waals surface area contributed by atoms with Gasteiger partial charge in [0.1, 0.15) is 11.6 Å². The van der Waals surface area contributed by atoms with E-state index in [0.717, 1.165) is 0 Å². The van der Waals surface area contributed by atoms with Gasteiger partial charge in [-0.2, -0.15) is 0 Å². The highest BCUT2D eigenvalue weighted by Gasteiger charge is 2.30. The van der Waals surface area contributed by atoms with Crippen molar-refractivity contribution in [1.29, 1.82) is 0 Å². The van der Waals surface area contributed by atoms with Crippen LogP contribution in [0.2, 0.25) is 5.02 Å². The topological polar surface area (TPSA) is 117 Å². The maximum atomic E-state index is 14.7. The lowest BCUT2D eigenvalue weighted by Gasteiger charge is -2.16.